The number of carbonyl (C=O) groups is 3. The third kappa shape index (κ3) is 18.4. The number of carbonyl (C=O) groups excluding carboxylic acids is 3. The predicted molar refractivity (Wildman–Crippen MR) is 418 cm³/mol. The van der Waals surface area contributed by atoms with Crippen molar-refractivity contribution in [1.29, 1.82) is 0 Å². The zero-order valence-corrected chi connectivity index (χ0v) is 62.3. The average molecular weight is 1520 g/mol. The second-order valence-electron chi connectivity index (χ2n) is 28.0. The number of amides is 3. The number of benzene rings is 8. The van der Waals surface area contributed by atoms with Crippen molar-refractivity contribution in [1.82, 2.24) is 50.3 Å². The second kappa shape index (κ2) is 35.9. The van der Waals surface area contributed by atoms with E-state index < -0.39 is 35.2 Å². The van der Waals surface area contributed by atoms with Crippen molar-refractivity contribution < 1.29 is 40.7 Å². The molecule has 3 N–H and O–H groups in total. The van der Waals surface area contributed by atoms with Gasteiger partial charge in [0.1, 0.15) is 34.6 Å². The van der Waals surface area contributed by atoms with Crippen LogP contribution in [0.2, 0.25) is 5.02 Å². The summed E-state index contributed by atoms with van der Waals surface area (Å²) >= 11 is 12.3. The minimum atomic E-state index is -0.769. The van der Waals surface area contributed by atoms with Crippen molar-refractivity contribution in [3.63, 3.8) is 0 Å². The molecule has 562 valence electrons. The lowest BCUT2D eigenvalue weighted by molar-refractivity contribution is 0.0925. The Balaban J connectivity index is 0.000000145. The van der Waals surface area contributed by atoms with Crippen LogP contribution in [0.4, 0.5) is 26.3 Å². The number of halogens is 8. The molecule has 0 bridgehead atoms. The van der Waals surface area contributed by atoms with Crippen LogP contribution in [0.1, 0.15) is 200 Å². The number of allylic oxidation sites excluding steroid dienone is 1. The zero-order valence-electron chi connectivity index (χ0n) is 60.8. The van der Waals surface area contributed by atoms with Crippen LogP contribution in [0.3, 0.4) is 0 Å². The van der Waals surface area contributed by atoms with Crippen LogP contribution in [0.5, 0.6) is 0 Å². The Labute approximate surface area is 645 Å². The number of rotatable bonds is 18. The zero-order chi connectivity index (χ0) is 76.8. The number of nitrogens with zero attached hydrogens (tertiary/aromatic N) is 7. The molecule has 21 heteroatoms. The Bertz CT molecular complexity index is 5220. The first-order chi connectivity index (χ1) is 53.4. The fourth-order valence-corrected chi connectivity index (χ4v) is 15.4. The first-order valence-electron chi connectivity index (χ1n) is 37.2. The van der Waals surface area contributed by atoms with Gasteiger partial charge in [0.25, 0.3) is 17.7 Å². The molecule has 2 unspecified atom stereocenters. The van der Waals surface area contributed by atoms with E-state index in [1.165, 1.54) is 63.5 Å². The lowest BCUT2D eigenvalue weighted by Crippen LogP contribution is -2.30. The molecule has 12 aromatic rings. The molecule has 0 aliphatic heterocycles. The maximum Gasteiger partial charge on any atom is 0.272 e. The summed E-state index contributed by atoms with van der Waals surface area (Å²) < 4.78 is 89.9. The Morgan fingerprint density at radius 1 is 0.464 bits per heavy atom. The summed E-state index contributed by atoms with van der Waals surface area (Å²) in [5, 5.41) is 24.0. The fraction of sp³-hybridized carbons (Fsp3) is 0.247. The summed E-state index contributed by atoms with van der Waals surface area (Å²) in [6.45, 7) is 3.90. The van der Waals surface area contributed by atoms with Crippen molar-refractivity contribution in [2.75, 3.05) is 5.88 Å². The number of alkyl halides is 1. The quantitative estimate of drug-likeness (QED) is 0.0439. The molecule has 8 aromatic carbocycles. The van der Waals surface area contributed by atoms with Gasteiger partial charge in [0.15, 0.2) is 28.7 Å². The molecule has 110 heavy (non-hydrogen) atoms. The van der Waals surface area contributed by atoms with Gasteiger partial charge in [0.2, 0.25) is 0 Å². The molecule has 4 heterocycles. The standard InChI is InChI=1S/C30H27ClF3N3O.C30H28F3N3O.C29H27ClN4O/c31-18-26(20-6-2-1-3-7-20)35-30(38)28-24-9-5-4-8-21(16-19-10-12-22(32)13-11-19)29(24)37(36-28)27-15-14-23(33)17-25(27)34;1-19(21-9-3-2-4-10-21)34-30(37)28-25-13-6-5-11-22(16-20-8-7-12-23(31)17-20)29(25)36(35-28)27-15-14-24(32)18-26(27)33;1-20(22-7-3-2-4-8-22)32-29(35)27-26-10-6-5-9-23(19-21-11-13-24(30)14-12-21)28(26)34(33-27)25-15-17-31-18-16-25/h1-3,6-7,10-15,17,21,26H,4-5,8-9,16,18H2,(H,35,38);2-4,7-10,12,14-15,17-19,22H,5-6,11,13,16H2,1H3,(H,34,37);2-4,7-8,11-20H,5-6,9-10H2,1H3,(H,32,35)/b;;23-19+/t21?,26-;19-,22?;20-/m110/s1. The van der Waals surface area contributed by atoms with E-state index in [2.05, 4.69) is 37.2 Å². The normalized spacial score (nSPS) is 15.8. The van der Waals surface area contributed by atoms with Crippen LogP contribution in [0.25, 0.3) is 28.7 Å². The molecule has 3 aliphatic rings. The van der Waals surface area contributed by atoms with Crippen molar-refractivity contribution >= 4 is 52.6 Å². The van der Waals surface area contributed by atoms with Crippen LogP contribution in [0.15, 0.2) is 225 Å². The third-order valence-electron chi connectivity index (χ3n) is 20.5. The van der Waals surface area contributed by atoms with Gasteiger partial charge in [-0.15, -0.1) is 11.6 Å². The number of pyridine rings is 1. The van der Waals surface area contributed by atoms with Gasteiger partial charge in [-0.1, -0.05) is 152 Å². The largest absolute Gasteiger partial charge is 0.344 e. The lowest BCUT2D eigenvalue weighted by Gasteiger charge is -2.19. The lowest BCUT2D eigenvalue weighted by atomic mass is 9.90. The SMILES string of the molecule is C[C@@H](NC(=O)c1nn(-c2ccc(F)cc2F)c2c1CCCCC2Cc1cccc(F)c1)c1ccccc1.C[C@H](NC(=O)c1nn(-c2ccncc2)c2c1CCCC/C2=C\c1ccc(Cl)cc1)c1ccccc1.O=C(N[C@H](CCl)c1ccccc1)c1nn(-c2ccc(F)cc2F)c2c1CCCCC2Cc1ccc(F)cc1. The molecule has 0 fully saturated rings. The molecular weight excluding hydrogens is 1440 g/mol. The topological polar surface area (TPSA) is 154 Å². The predicted octanol–water partition coefficient (Wildman–Crippen LogP) is 20.6. The van der Waals surface area contributed by atoms with Gasteiger partial charge in [-0.05, 0) is 209 Å². The molecule has 0 saturated carbocycles. The van der Waals surface area contributed by atoms with Crippen LogP contribution >= 0.6 is 23.2 Å². The Kier molecular flexibility index (Phi) is 25.2. The summed E-state index contributed by atoms with van der Waals surface area (Å²) in [7, 11) is 0. The summed E-state index contributed by atoms with van der Waals surface area (Å²) in [5.74, 6) is -4.52. The summed E-state index contributed by atoms with van der Waals surface area (Å²) in [5.41, 5.74) is 13.8. The van der Waals surface area contributed by atoms with E-state index >= 15 is 8.78 Å². The average Bonchev–Trinajstić information content (AvgIpc) is 1.62. The maximum absolute atomic E-state index is 15.0. The van der Waals surface area contributed by atoms with Crippen LogP contribution < -0.4 is 16.0 Å². The fourth-order valence-electron chi connectivity index (χ4n) is 15.0. The molecule has 0 radical (unpaired) electrons. The number of aromatic nitrogens is 7. The highest BCUT2D eigenvalue weighted by Gasteiger charge is 2.35. The number of hydrogen-bond donors (Lipinski definition) is 3. The highest BCUT2D eigenvalue weighted by molar-refractivity contribution is 6.30. The van der Waals surface area contributed by atoms with Gasteiger partial charge >= 0.3 is 0 Å². The Morgan fingerprint density at radius 3 is 1.44 bits per heavy atom. The molecule has 0 saturated heterocycles. The number of fused-ring (bicyclic) bond motifs is 3. The maximum atomic E-state index is 15.0. The molecule has 15 rings (SSSR count). The molecule has 3 aliphatic carbocycles. The van der Waals surface area contributed by atoms with E-state index in [0.717, 1.165) is 149 Å². The molecule has 13 nitrogen and oxygen atoms in total. The minimum Gasteiger partial charge on any atom is -0.344 e. The van der Waals surface area contributed by atoms with Gasteiger partial charge < -0.3 is 16.0 Å². The molecule has 5 atom stereocenters. The van der Waals surface area contributed by atoms with Crippen molar-refractivity contribution in [3.8, 4) is 17.1 Å². The van der Waals surface area contributed by atoms with Crippen LogP contribution in [-0.2, 0) is 32.1 Å². The Morgan fingerprint density at radius 2 is 0.918 bits per heavy atom. The van der Waals surface area contributed by atoms with E-state index in [1.54, 1.807) is 30.6 Å². The number of nitrogens with one attached hydrogen (secondary N) is 3. The van der Waals surface area contributed by atoms with Crippen LogP contribution in [-0.4, -0.2) is 57.9 Å². The smallest absolute Gasteiger partial charge is 0.272 e. The third-order valence-corrected chi connectivity index (χ3v) is 21.0. The Hall–Kier alpha value is -11.2. The van der Waals surface area contributed by atoms with Gasteiger partial charge in [-0.3, -0.25) is 19.4 Å². The van der Waals surface area contributed by atoms with E-state index in [0.29, 0.717) is 36.4 Å². The van der Waals surface area contributed by atoms with Crippen molar-refractivity contribution in [3.05, 3.63) is 349 Å². The van der Waals surface area contributed by atoms with Crippen LogP contribution in [0, 0.1) is 34.9 Å². The van der Waals surface area contributed by atoms with Gasteiger partial charge in [0.05, 0.1) is 40.9 Å². The highest BCUT2D eigenvalue weighted by Crippen LogP contribution is 2.41. The van der Waals surface area contributed by atoms with E-state index in [9.17, 15) is 31.9 Å². The molecule has 3 amide bonds. The summed E-state index contributed by atoms with van der Waals surface area (Å²) in [4.78, 5) is 44.8. The van der Waals surface area contributed by atoms with Gasteiger partial charge in [-0.25, -0.2) is 40.4 Å². The molecule has 0 spiro atoms. The monoisotopic (exact) mass is 1520 g/mol. The summed E-state index contributed by atoms with van der Waals surface area (Å²) in [6.07, 6.45) is 16.8. The first kappa shape index (κ1) is 77.0. The van der Waals surface area contributed by atoms with Gasteiger partial charge in [-0.2, -0.15) is 15.3 Å². The van der Waals surface area contributed by atoms with E-state index in [4.69, 9.17) is 28.3 Å². The minimum absolute atomic E-state index is 0.0738. The molecular formula is C89H82Cl2F6N10O3. The van der Waals surface area contributed by atoms with Crippen molar-refractivity contribution in [2.45, 2.75) is 134 Å². The summed E-state index contributed by atoms with van der Waals surface area (Å²) in [6, 6.07) is 59.3. The molecule has 4 aromatic heterocycles. The van der Waals surface area contributed by atoms with E-state index in [-0.39, 0.29) is 76.0 Å². The highest BCUT2D eigenvalue weighted by atomic mass is 35.5. The van der Waals surface area contributed by atoms with Gasteiger partial charge in [0, 0.05) is 64.0 Å². The first-order valence-corrected chi connectivity index (χ1v) is 38.1. The number of hydrogen-bond acceptors (Lipinski definition) is 7. The van der Waals surface area contributed by atoms with Crippen molar-refractivity contribution in [2.24, 2.45) is 0 Å². The second-order valence-corrected chi connectivity index (χ2v) is 28.8. The van der Waals surface area contributed by atoms with E-state index in [1.807, 2.05) is 152 Å².